The van der Waals surface area contributed by atoms with Crippen LogP contribution in [0.3, 0.4) is 0 Å². The van der Waals surface area contributed by atoms with Gasteiger partial charge < -0.3 is 19.7 Å². The Hall–Kier alpha value is -2.57. The SMILES string of the molecule is Cc1ccc([C@@H]2[C@@H](c3ccccn3)NC(=S)N2c2cc(Cl)ccc2O)o1. The number of phenols is 1. The first-order valence-electron chi connectivity index (χ1n) is 8.10. The molecule has 3 aromatic rings. The fourth-order valence-corrected chi connectivity index (χ4v) is 3.71. The van der Waals surface area contributed by atoms with Gasteiger partial charge in [0.1, 0.15) is 23.3 Å². The molecule has 7 heteroatoms. The van der Waals surface area contributed by atoms with Gasteiger partial charge in [-0.15, -0.1) is 0 Å². The summed E-state index contributed by atoms with van der Waals surface area (Å²) in [7, 11) is 0. The number of aromatic hydroxyl groups is 1. The zero-order valence-corrected chi connectivity index (χ0v) is 15.5. The molecule has 4 rings (SSSR count). The summed E-state index contributed by atoms with van der Waals surface area (Å²) in [4.78, 5) is 6.29. The first-order chi connectivity index (χ1) is 12.5. The summed E-state index contributed by atoms with van der Waals surface area (Å²) in [6, 6.07) is 13.9. The van der Waals surface area contributed by atoms with Crippen LogP contribution in [0.2, 0.25) is 5.02 Å². The van der Waals surface area contributed by atoms with Gasteiger partial charge in [-0.2, -0.15) is 0 Å². The lowest BCUT2D eigenvalue weighted by Gasteiger charge is -2.26. The zero-order valence-electron chi connectivity index (χ0n) is 13.9. The molecule has 1 saturated heterocycles. The first kappa shape index (κ1) is 16.9. The van der Waals surface area contributed by atoms with Crippen LogP contribution >= 0.6 is 23.8 Å². The highest BCUT2D eigenvalue weighted by atomic mass is 35.5. The number of thiocarbonyl (C=S) groups is 1. The Labute approximate surface area is 161 Å². The smallest absolute Gasteiger partial charge is 0.174 e. The normalized spacial score (nSPS) is 19.6. The standard InChI is InChI=1S/C19H16ClN3O2S/c1-11-5-8-16(25-11)18-17(13-4-2-3-9-21-13)22-19(26)23(18)14-10-12(20)6-7-15(14)24/h2-10,17-18,24H,1H3,(H,22,26)/t17-,18-/m1/s1. The summed E-state index contributed by atoms with van der Waals surface area (Å²) in [5.74, 6) is 1.62. The Kier molecular flexibility index (Phi) is 4.30. The third-order valence-corrected chi connectivity index (χ3v) is 4.90. The zero-order chi connectivity index (χ0) is 18.3. The van der Waals surface area contributed by atoms with E-state index < -0.39 is 0 Å². The van der Waals surface area contributed by atoms with Crippen LogP contribution in [-0.2, 0) is 0 Å². The number of nitrogens with zero attached hydrogens (tertiary/aromatic N) is 2. The van der Waals surface area contributed by atoms with Crippen LogP contribution in [0.15, 0.2) is 59.1 Å². The van der Waals surface area contributed by atoms with Crippen molar-refractivity contribution in [1.82, 2.24) is 10.3 Å². The van der Waals surface area contributed by atoms with Gasteiger partial charge in [0.05, 0.1) is 17.4 Å². The predicted octanol–water partition coefficient (Wildman–Crippen LogP) is 4.52. The van der Waals surface area contributed by atoms with Crippen LogP contribution in [0.25, 0.3) is 0 Å². The molecule has 1 aromatic carbocycles. The largest absolute Gasteiger partial charge is 0.506 e. The molecule has 3 heterocycles. The molecule has 0 unspecified atom stereocenters. The Morgan fingerprint density at radius 2 is 2.08 bits per heavy atom. The molecule has 1 aliphatic heterocycles. The second-order valence-electron chi connectivity index (χ2n) is 6.08. The Morgan fingerprint density at radius 3 is 2.77 bits per heavy atom. The molecule has 2 N–H and O–H groups in total. The number of aryl methyl sites for hydroxylation is 1. The van der Waals surface area contributed by atoms with Crippen molar-refractivity contribution in [3.05, 3.63) is 77.0 Å². The van der Waals surface area contributed by atoms with Crippen molar-refractivity contribution in [3.8, 4) is 5.75 Å². The maximum absolute atomic E-state index is 10.4. The molecule has 0 amide bonds. The molecule has 0 spiro atoms. The molecule has 5 nitrogen and oxygen atoms in total. The lowest BCUT2D eigenvalue weighted by molar-refractivity contribution is 0.415. The van der Waals surface area contributed by atoms with Crippen LogP contribution in [-0.4, -0.2) is 15.2 Å². The number of aromatic nitrogens is 1. The summed E-state index contributed by atoms with van der Waals surface area (Å²) in [6.45, 7) is 1.89. The van der Waals surface area contributed by atoms with Crippen molar-refractivity contribution < 1.29 is 9.52 Å². The predicted molar refractivity (Wildman–Crippen MR) is 104 cm³/mol. The van der Waals surface area contributed by atoms with Crippen LogP contribution in [0.1, 0.15) is 29.3 Å². The molecule has 0 aliphatic carbocycles. The highest BCUT2D eigenvalue weighted by Gasteiger charge is 2.43. The Balaban J connectivity index is 1.86. The monoisotopic (exact) mass is 385 g/mol. The lowest BCUT2D eigenvalue weighted by Crippen LogP contribution is -2.29. The van der Waals surface area contributed by atoms with Crippen molar-refractivity contribution >= 4 is 34.6 Å². The lowest BCUT2D eigenvalue weighted by atomic mass is 10.0. The van der Waals surface area contributed by atoms with Gasteiger partial charge in [0.15, 0.2) is 5.11 Å². The highest BCUT2D eigenvalue weighted by Crippen LogP contribution is 2.45. The van der Waals surface area contributed by atoms with E-state index in [0.717, 1.165) is 17.2 Å². The maximum Gasteiger partial charge on any atom is 0.174 e. The molecule has 26 heavy (non-hydrogen) atoms. The molecule has 0 saturated carbocycles. The van der Waals surface area contributed by atoms with E-state index in [1.807, 2.05) is 42.2 Å². The minimum Gasteiger partial charge on any atom is -0.506 e. The maximum atomic E-state index is 10.4. The van der Waals surface area contributed by atoms with Crippen LogP contribution in [0.4, 0.5) is 5.69 Å². The van der Waals surface area contributed by atoms with Crippen LogP contribution < -0.4 is 10.2 Å². The second kappa shape index (κ2) is 6.63. The number of pyridine rings is 1. The number of benzene rings is 1. The van der Waals surface area contributed by atoms with E-state index in [-0.39, 0.29) is 17.8 Å². The molecular weight excluding hydrogens is 370 g/mol. The minimum atomic E-state index is -0.310. The molecule has 0 radical (unpaired) electrons. The minimum absolute atomic E-state index is 0.0912. The number of nitrogens with one attached hydrogen (secondary N) is 1. The highest BCUT2D eigenvalue weighted by molar-refractivity contribution is 7.80. The van der Waals surface area contributed by atoms with Gasteiger partial charge in [0, 0.05) is 11.2 Å². The van der Waals surface area contributed by atoms with Crippen molar-refractivity contribution in [2.45, 2.75) is 19.0 Å². The van der Waals surface area contributed by atoms with Gasteiger partial charge in [0.2, 0.25) is 0 Å². The van der Waals surface area contributed by atoms with Gasteiger partial charge in [-0.05, 0) is 61.6 Å². The fourth-order valence-electron chi connectivity index (χ4n) is 3.21. The number of hydrogen-bond donors (Lipinski definition) is 2. The van der Waals surface area contributed by atoms with E-state index in [1.165, 1.54) is 0 Å². The molecule has 1 aliphatic rings. The Bertz CT molecular complexity index is 960. The number of anilines is 1. The van der Waals surface area contributed by atoms with Crippen molar-refractivity contribution in [3.63, 3.8) is 0 Å². The van der Waals surface area contributed by atoms with E-state index >= 15 is 0 Å². The van der Waals surface area contributed by atoms with Crippen LogP contribution in [0.5, 0.6) is 5.75 Å². The van der Waals surface area contributed by atoms with Crippen molar-refractivity contribution in [2.75, 3.05) is 4.90 Å². The summed E-state index contributed by atoms with van der Waals surface area (Å²) < 4.78 is 5.91. The first-order valence-corrected chi connectivity index (χ1v) is 8.89. The number of halogens is 1. The topological polar surface area (TPSA) is 61.5 Å². The van der Waals surface area contributed by atoms with Gasteiger partial charge >= 0.3 is 0 Å². The Morgan fingerprint density at radius 1 is 1.23 bits per heavy atom. The van der Waals surface area contributed by atoms with E-state index in [1.54, 1.807) is 24.4 Å². The molecule has 132 valence electrons. The third kappa shape index (κ3) is 2.91. The molecule has 2 atom stereocenters. The average molecular weight is 386 g/mol. The van der Waals surface area contributed by atoms with E-state index in [2.05, 4.69) is 10.3 Å². The molecule has 2 aromatic heterocycles. The summed E-state index contributed by atoms with van der Waals surface area (Å²) in [5, 5.41) is 14.7. The number of rotatable bonds is 3. The summed E-state index contributed by atoms with van der Waals surface area (Å²) in [5.41, 5.74) is 1.35. The van der Waals surface area contributed by atoms with E-state index in [4.69, 9.17) is 28.2 Å². The van der Waals surface area contributed by atoms with E-state index in [0.29, 0.717) is 15.8 Å². The van der Waals surface area contributed by atoms with E-state index in [9.17, 15) is 5.11 Å². The summed E-state index contributed by atoms with van der Waals surface area (Å²) in [6.07, 6.45) is 1.74. The summed E-state index contributed by atoms with van der Waals surface area (Å²) >= 11 is 11.7. The second-order valence-corrected chi connectivity index (χ2v) is 6.90. The van der Waals surface area contributed by atoms with Gasteiger partial charge in [-0.1, -0.05) is 17.7 Å². The number of phenolic OH excluding ortho intramolecular Hbond substituents is 1. The van der Waals surface area contributed by atoms with Crippen molar-refractivity contribution in [2.24, 2.45) is 0 Å². The fraction of sp³-hybridized carbons (Fsp3) is 0.158. The number of furan rings is 1. The average Bonchev–Trinajstić information content (AvgIpc) is 3.21. The molecule has 1 fully saturated rings. The van der Waals surface area contributed by atoms with Gasteiger partial charge in [-0.3, -0.25) is 4.98 Å². The van der Waals surface area contributed by atoms with Gasteiger partial charge in [-0.25, -0.2) is 0 Å². The van der Waals surface area contributed by atoms with Crippen molar-refractivity contribution in [1.29, 1.82) is 0 Å². The van der Waals surface area contributed by atoms with Crippen LogP contribution in [0, 0.1) is 6.92 Å². The molecular formula is C19H16ClN3O2S. The number of hydrogen-bond acceptors (Lipinski definition) is 4. The third-order valence-electron chi connectivity index (χ3n) is 4.35. The quantitative estimate of drug-likeness (QED) is 0.646. The molecule has 0 bridgehead atoms. The van der Waals surface area contributed by atoms with Gasteiger partial charge in [0.25, 0.3) is 0 Å².